The van der Waals surface area contributed by atoms with Crippen LogP contribution in [-0.4, -0.2) is 21.1 Å². The minimum Gasteiger partial charge on any atom is -0.455 e. The fraction of sp³-hybridized carbons (Fsp3) is 0.125. The number of halogens is 1. The van der Waals surface area contributed by atoms with Crippen LogP contribution in [0.25, 0.3) is 5.65 Å². The Balaban J connectivity index is 1.77. The number of esters is 1. The van der Waals surface area contributed by atoms with Crippen LogP contribution in [0.3, 0.4) is 0 Å². The van der Waals surface area contributed by atoms with E-state index >= 15 is 0 Å². The second-order valence-electron chi connectivity index (χ2n) is 4.96. The van der Waals surface area contributed by atoms with E-state index in [4.69, 9.17) is 16.3 Å². The molecule has 3 aromatic heterocycles. The van der Waals surface area contributed by atoms with Crippen LogP contribution < -0.4 is 5.56 Å². The summed E-state index contributed by atoms with van der Waals surface area (Å²) in [6.07, 6.45) is 1.47. The Morgan fingerprint density at radius 3 is 2.71 bits per heavy atom. The summed E-state index contributed by atoms with van der Waals surface area (Å²) < 4.78 is 6.47. The molecule has 0 spiro atoms. The van der Waals surface area contributed by atoms with Crippen LogP contribution >= 0.6 is 22.9 Å². The monoisotopic (exact) mass is 362 g/mol. The Morgan fingerprint density at radius 1 is 1.25 bits per heavy atom. The van der Waals surface area contributed by atoms with Gasteiger partial charge in [0.15, 0.2) is 5.78 Å². The number of hydrogen-bond donors (Lipinski definition) is 0. The van der Waals surface area contributed by atoms with Gasteiger partial charge in [-0.1, -0.05) is 11.6 Å². The molecule has 3 aromatic rings. The summed E-state index contributed by atoms with van der Waals surface area (Å²) in [6.45, 7) is 1.29. The summed E-state index contributed by atoms with van der Waals surface area (Å²) in [5.41, 5.74) is 0.426. The third kappa shape index (κ3) is 3.37. The van der Waals surface area contributed by atoms with Crippen molar-refractivity contribution >= 4 is 40.3 Å². The highest BCUT2D eigenvalue weighted by molar-refractivity contribution is 7.15. The molecule has 0 aliphatic carbocycles. The fourth-order valence-electron chi connectivity index (χ4n) is 2.05. The van der Waals surface area contributed by atoms with E-state index < -0.39 is 5.97 Å². The number of pyridine rings is 1. The molecule has 0 atom stereocenters. The van der Waals surface area contributed by atoms with Gasteiger partial charge in [-0.15, -0.1) is 11.3 Å². The van der Waals surface area contributed by atoms with Crippen molar-refractivity contribution in [2.45, 2.75) is 13.5 Å². The molecule has 6 nitrogen and oxygen atoms in total. The Hall–Kier alpha value is -2.51. The van der Waals surface area contributed by atoms with Crippen LogP contribution in [0.1, 0.15) is 32.0 Å². The zero-order valence-electron chi connectivity index (χ0n) is 12.5. The van der Waals surface area contributed by atoms with E-state index in [1.807, 2.05) is 0 Å². The van der Waals surface area contributed by atoms with E-state index in [1.54, 1.807) is 18.2 Å². The molecular weight excluding hydrogens is 352 g/mol. The molecule has 3 rings (SSSR count). The minimum absolute atomic E-state index is 0.109. The molecule has 0 bridgehead atoms. The molecule has 3 heterocycles. The molecular formula is C16H11ClN2O4S. The van der Waals surface area contributed by atoms with Gasteiger partial charge in [0.05, 0.1) is 15.6 Å². The van der Waals surface area contributed by atoms with Gasteiger partial charge in [-0.25, -0.2) is 9.78 Å². The normalized spacial score (nSPS) is 10.8. The maximum absolute atomic E-state index is 12.0. The largest absolute Gasteiger partial charge is 0.455 e. The third-order valence-electron chi connectivity index (χ3n) is 3.18. The van der Waals surface area contributed by atoms with E-state index in [0.717, 1.165) is 11.3 Å². The highest BCUT2D eigenvalue weighted by atomic mass is 35.5. The van der Waals surface area contributed by atoms with Crippen LogP contribution in [0.5, 0.6) is 0 Å². The lowest BCUT2D eigenvalue weighted by molar-refractivity contribution is 0.0473. The molecule has 0 aliphatic rings. The Bertz CT molecular complexity index is 1010. The Kier molecular flexibility index (Phi) is 4.46. The van der Waals surface area contributed by atoms with Gasteiger partial charge in [-0.3, -0.25) is 14.0 Å². The first-order valence-electron chi connectivity index (χ1n) is 6.90. The zero-order chi connectivity index (χ0) is 17.3. The summed E-state index contributed by atoms with van der Waals surface area (Å²) in [5.74, 6) is -0.674. The van der Waals surface area contributed by atoms with Gasteiger partial charge in [-0.05, 0) is 31.2 Å². The van der Waals surface area contributed by atoms with E-state index in [0.29, 0.717) is 26.1 Å². The first-order valence-corrected chi connectivity index (χ1v) is 8.09. The first-order chi connectivity index (χ1) is 11.4. The topological polar surface area (TPSA) is 77.7 Å². The fourth-order valence-corrected chi connectivity index (χ4v) is 3.00. The summed E-state index contributed by atoms with van der Waals surface area (Å²) in [4.78, 5) is 40.3. The van der Waals surface area contributed by atoms with Gasteiger partial charge in [0.1, 0.15) is 17.1 Å². The minimum atomic E-state index is -0.564. The van der Waals surface area contributed by atoms with E-state index in [2.05, 4.69) is 4.98 Å². The standard InChI is InChI=1S/C16H11ClN2O4S/c1-9(20)12-3-4-13(24-12)16(22)23-8-11-6-15(21)19-7-10(17)2-5-14(19)18-11/h2-7H,8H2,1H3. The Labute approximate surface area is 145 Å². The number of rotatable bonds is 4. The molecule has 8 heteroatoms. The van der Waals surface area contributed by atoms with Crippen LogP contribution in [0, 0.1) is 0 Å². The van der Waals surface area contributed by atoms with Crippen LogP contribution in [0.15, 0.2) is 41.3 Å². The van der Waals surface area contributed by atoms with Gasteiger partial charge in [0.25, 0.3) is 5.56 Å². The maximum Gasteiger partial charge on any atom is 0.348 e. The number of thiophene rings is 1. The third-order valence-corrected chi connectivity index (χ3v) is 4.57. The van der Waals surface area contributed by atoms with Gasteiger partial charge >= 0.3 is 5.97 Å². The van der Waals surface area contributed by atoms with Gasteiger partial charge in [0, 0.05) is 12.3 Å². The summed E-state index contributed by atoms with van der Waals surface area (Å²) >= 11 is 6.91. The predicted octanol–water partition coefficient (Wildman–Crippen LogP) is 2.97. The van der Waals surface area contributed by atoms with Crippen molar-refractivity contribution in [3.8, 4) is 0 Å². The zero-order valence-corrected chi connectivity index (χ0v) is 14.1. The maximum atomic E-state index is 12.0. The molecule has 0 aromatic carbocycles. The lowest BCUT2D eigenvalue weighted by Crippen LogP contribution is -2.16. The van der Waals surface area contributed by atoms with Crippen LogP contribution in [-0.2, 0) is 11.3 Å². The van der Waals surface area contributed by atoms with Crippen molar-refractivity contribution in [2.24, 2.45) is 0 Å². The number of hydrogen-bond acceptors (Lipinski definition) is 6. The average Bonchev–Trinajstić information content (AvgIpc) is 3.04. The van der Waals surface area contributed by atoms with E-state index in [-0.39, 0.29) is 17.9 Å². The number of aromatic nitrogens is 2. The number of nitrogens with zero attached hydrogens (tertiary/aromatic N) is 2. The van der Waals surface area contributed by atoms with E-state index in [1.165, 1.54) is 29.7 Å². The second kappa shape index (κ2) is 6.54. The molecule has 0 amide bonds. The Morgan fingerprint density at radius 2 is 2.00 bits per heavy atom. The molecule has 0 radical (unpaired) electrons. The number of carbonyl (C=O) groups excluding carboxylic acids is 2. The first kappa shape index (κ1) is 16.4. The number of ketones is 1. The number of fused-ring (bicyclic) bond motifs is 1. The number of Topliss-reactive ketones (excluding diaryl/α,β-unsaturated/α-hetero) is 1. The highest BCUT2D eigenvalue weighted by Gasteiger charge is 2.13. The molecule has 0 saturated heterocycles. The molecule has 24 heavy (non-hydrogen) atoms. The van der Waals surface area contributed by atoms with Gasteiger partial charge < -0.3 is 4.74 Å². The lowest BCUT2D eigenvalue weighted by atomic mass is 10.3. The van der Waals surface area contributed by atoms with Crippen LogP contribution in [0.4, 0.5) is 0 Å². The second-order valence-corrected chi connectivity index (χ2v) is 6.48. The van der Waals surface area contributed by atoms with Crippen molar-refractivity contribution in [1.82, 2.24) is 9.38 Å². The summed E-state index contributed by atoms with van der Waals surface area (Å²) in [5, 5.41) is 0.421. The number of carbonyl (C=O) groups is 2. The van der Waals surface area contributed by atoms with Crippen LogP contribution in [0.2, 0.25) is 5.02 Å². The van der Waals surface area contributed by atoms with E-state index in [9.17, 15) is 14.4 Å². The smallest absolute Gasteiger partial charge is 0.348 e. The summed E-state index contributed by atoms with van der Waals surface area (Å²) in [7, 11) is 0. The van der Waals surface area contributed by atoms with Crippen molar-refractivity contribution in [3.05, 3.63) is 67.4 Å². The van der Waals surface area contributed by atoms with Crippen molar-refractivity contribution in [2.75, 3.05) is 0 Å². The van der Waals surface area contributed by atoms with Gasteiger partial charge in [-0.2, -0.15) is 0 Å². The molecule has 0 aliphatic heterocycles. The van der Waals surface area contributed by atoms with Crippen molar-refractivity contribution in [1.29, 1.82) is 0 Å². The predicted molar refractivity (Wildman–Crippen MR) is 89.9 cm³/mol. The quantitative estimate of drug-likeness (QED) is 0.526. The molecule has 0 saturated carbocycles. The summed E-state index contributed by atoms with van der Waals surface area (Å²) in [6, 6.07) is 7.62. The highest BCUT2D eigenvalue weighted by Crippen LogP contribution is 2.18. The molecule has 0 N–H and O–H groups in total. The van der Waals surface area contributed by atoms with Crippen molar-refractivity contribution in [3.63, 3.8) is 0 Å². The molecule has 0 fully saturated rings. The SMILES string of the molecule is CC(=O)c1ccc(C(=O)OCc2cc(=O)n3cc(Cl)ccc3n2)s1. The molecule has 0 unspecified atom stereocenters. The number of ether oxygens (including phenoxy) is 1. The van der Waals surface area contributed by atoms with Crippen molar-refractivity contribution < 1.29 is 14.3 Å². The lowest BCUT2D eigenvalue weighted by Gasteiger charge is -2.05. The molecule has 122 valence electrons. The average molecular weight is 363 g/mol. The van der Waals surface area contributed by atoms with Gasteiger partial charge in [0.2, 0.25) is 0 Å².